The molecule has 0 saturated heterocycles. The summed E-state index contributed by atoms with van der Waals surface area (Å²) >= 11 is 0. The van der Waals surface area contributed by atoms with Gasteiger partial charge in [0.25, 0.3) is 0 Å². The Bertz CT molecular complexity index is 545. The summed E-state index contributed by atoms with van der Waals surface area (Å²) in [6.07, 6.45) is 1.11. The van der Waals surface area contributed by atoms with E-state index in [-0.39, 0.29) is 24.2 Å². The number of phenolic OH excluding ortho intramolecular Hbond substituents is 1. The lowest BCUT2D eigenvalue weighted by Gasteiger charge is -2.19. The lowest BCUT2D eigenvalue weighted by molar-refractivity contribution is 0.134. The predicted octanol–water partition coefficient (Wildman–Crippen LogP) is 3.13. The van der Waals surface area contributed by atoms with Gasteiger partial charge in [-0.05, 0) is 41.0 Å². The van der Waals surface area contributed by atoms with E-state index in [9.17, 15) is 10.2 Å². The van der Waals surface area contributed by atoms with Crippen LogP contribution in [0.5, 0.6) is 5.75 Å². The molecule has 19 heavy (non-hydrogen) atoms. The van der Waals surface area contributed by atoms with Crippen molar-refractivity contribution in [3.63, 3.8) is 0 Å². The van der Waals surface area contributed by atoms with Crippen molar-refractivity contribution in [1.82, 2.24) is 0 Å². The van der Waals surface area contributed by atoms with Crippen LogP contribution in [0.25, 0.3) is 10.8 Å². The molecule has 4 N–H and O–H groups in total. The first kappa shape index (κ1) is 15.8. The highest BCUT2D eigenvalue weighted by atomic mass is 35.5. The highest BCUT2D eigenvalue weighted by molar-refractivity contribution is 5.85. The average Bonchev–Trinajstić information content (AvgIpc) is 2.37. The molecule has 0 amide bonds. The Balaban J connectivity index is 0.00000180. The Morgan fingerprint density at radius 3 is 2.42 bits per heavy atom. The number of aromatic hydroxyl groups is 1. The van der Waals surface area contributed by atoms with Gasteiger partial charge < -0.3 is 15.9 Å². The third-order valence-electron chi connectivity index (χ3n) is 3.23. The van der Waals surface area contributed by atoms with Crippen LogP contribution in [-0.4, -0.2) is 16.3 Å². The minimum Gasteiger partial charge on any atom is -0.508 e. The molecule has 4 heteroatoms. The molecule has 0 bridgehead atoms. The fourth-order valence-corrected chi connectivity index (χ4v) is 2.16. The maximum Gasteiger partial charge on any atom is 0.116 e. The Morgan fingerprint density at radius 1 is 1.11 bits per heavy atom. The summed E-state index contributed by atoms with van der Waals surface area (Å²) in [5.74, 6) is 0.255. The van der Waals surface area contributed by atoms with Gasteiger partial charge in [0, 0.05) is 0 Å². The van der Waals surface area contributed by atoms with Crippen molar-refractivity contribution in [2.75, 3.05) is 0 Å². The molecule has 2 rings (SSSR count). The molecule has 3 nitrogen and oxygen atoms in total. The van der Waals surface area contributed by atoms with Crippen LogP contribution in [0.1, 0.15) is 31.4 Å². The van der Waals surface area contributed by atoms with Crippen molar-refractivity contribution in [2.24, 2.45) is 5.73 Å². The summed E-state index contributed by atoms with van der Waals surface area (Å²) in [5.41, 5.74) is 6.97. The quantitative estimate of drug-likeness (QED) is 0.807. The van der Waals surface area contributed by atoms with Crippen molar-refractivity contribution in [3.05, 3.63) is 42.0 Å². The van der Waals surface area contributed by atoms with Crippen LogP contribution in [0.15, 0.2) is 36.4 Å². The first-order valence-corrected chi connectivity index (χ1v) is 6.28. The first-order chi connectivity index (χ1) is 8.61. The molecule has 0 unspecified atom stereocenters. The van der Waals surface area contributed by atoms with E-state index >= 15 is 0 Å². The Labute approximate surface area is 119 Å². The van der Waals surface area contributed by atoms with Crippen LogP contribution >= 0.6 is 12.4 Å². The van der Waals surface area contributed by atoms with Gasteiger partial charge >= 0.3 is 0 Å². The lowest BCUT2D eigenvalue weighted by Crippen LogP contribution is -2.25. The average molecular weight is 282 g/mol. The number of hydrogen-bond donors (Lipinski definition) is 3. The number of halogens is 1. The van der Waals surface area contributed by atoms with Gasteiger partial charge in [-0.2, -0.15) is 0 Å². The van der Waals surface area contributed by atoms with Crippen LogP contribution in [-0.2, 0) is 0 Å². The van der Waals surface area contributed by atoms with Gasteiger partial charge in [0.1, 0.15) is 5.75 Å². The standard InChI is InChI=1S/C15H19NO2.ClH/c1-2-3-14(18)15(16)12-5-4-11-9-13(17)7-6-10(11)8-12;/h4-9,14-15,17-18H,2-3,16H2,1H3;1H/t14-,15+;/m0./s1. The van der Waals surface area contributed by atoms with Crippen molar-refractivity contribution in [2.45, 2.75) is 31.9 Å². The van der Waals surface area contributed by atoms with Gasteiger partial charge in [-0.3, -0.25) is 0 Å². The number of fused-ring (bicyclic) bond motifs is 1. The zero-order chi connectivity index (χ0) is 13.1. The van der Waals surface area contributed by atoms with Gasteiger partial charge in [-0.15, -0.1) is 12.4 Å². The first-order valence-electron chi connectivity index (χ1n) is 6.28. The maximum absolute atomic E-state index is 9.92. The van der Waals surface area contributed by atoms with Crippen molar-refractivity contribution >= 4 is 23.2 Å². The highest BCUT2D eigenvalue weighted by Gasteiger charge is 2.16. The molecule has 0 aliphatic carbocycles. The van der Waals surface area contributed by atoms with E-state index in [0.29, 0.717) is 6.42 Å². The van der Waals surface area contributed by atoms with E-state index in [4.69, 9.17) is 5.73 Å². The number of nitrogens with two attached hydrogens (primary N) is 1. The lowest BCUT2D eigenvalue weighted by atomic mass is 9.96. The summed E-state index contributed by atoms with van der Waals surface area (Å²) in [7, 11) is 0. The molecule has 0 radical (unpaired) electrons. The Hall–Kier alpha value is -1.29. The molecule has 2 aromatic carbocycles. The SMILES string of the molecule is CCC[C@H](O)[C@H](N)c1ccc2cc(O)ccc2c1.Cl. The number of phenols is 1. The van der Waals surface area contributed by atoms with Gasteiger partial charge in [0.2, 0.25) is 0 Å². The second-order valence-corrected chi connectivity index (χ2v) is 4.67. The van der Waals surface area contributed by atoms with Gasteiger partial charge in [-0.1, -0.05) is 31.5 Å². The molecule has 0 aliphatic heterocycles. The smallest absolute Gasteiger partial charge is 0.116 e. The summed E-state index contributed by atoms with van der Waals surface area (Å²) < 4.78 is 0. The highest BCUT2D eigenvalue weighted by Crippen LogP contribution is 2.25. The minimum absolute atomic E-state index is 0. The normalized spacial score (nSPS) is 13.8. The third kappa shape index (κ3) is 3.60. The van der Waals surface area contributed by atoms with E-state index < -0.39 is 6.10 Å². The summed E-state index contributed by atoms with van der Waals surface area (Å²) in [6.45, 7) is 2.03. The number of rotatable bonds is 4. The summed E-state index contributed by atoms with van der Waals surface area (Å²) in [5, 5.41) is 21.3. The number of aliphatic hydroxyl groups excluding tert-OH is 1. The zero-order valence-electron chi connectivity index (χ0n) is 10.9. The fourth-order valence-electron chi connectivity index (χ4n) is 2.16. The molecule has 0 fully saturated rings. The van der Waals surface area contributed by atoms with Crippen molar-refractivity contribution < 1.29 is 10.2 Å². The molecular weight excluding hydrogens is 262 g/mol. The molecule has 0 spiro atoms. The molecular formula is C15H20ClNO2. The molecule has 0 heterocycles. The largest absolute Gasteiger partial charge is 0.508 e. The molecule has 0 aromatic heterocycles. The zero-order valence-corrected chi connectivity index (χ0v) is 11.7. The molecule has 0 saturated carbocycles. The summed E-state index contributed by atoms with van der Waals surface area (Å²) in [4.78, 5) is 0. The van der Waals surface area contributed by atoms with E-state index in [1.807, 2.05) is 31.2 Å². The number of hydrogen-bond acceptors (Lipinski definition) is 3. The monoisotopic (exact) mass is 281 g/mol. The topological polar surface area (TPSA) is 66.5 Å². The Morgan fingerprint density at radius 2 is 1.74 bits per heavy atom. The van der Waals surface area contributed by atoms with E-state index in [0.717, 1.165) is 22.8 Å². The Kier molecular flexibility index (Phi) is 5.60. The maximum atomic E-state index is 9.92. The predicted molar refractivity (Wildman–Crippen MR) is 80.7 cm³/mol. The minimum atomic E-state index is -0.510. The van der Waals surface area contributed by atoms with E-state index in [1.165, 1.54) is 0 Å². The van der Waals surface area contributed by atoms with Gasteiger partial charge in [-0.25, -0.2) is 0 Å². The fraction of sp³-hybridized carbons (Fsp3) is 0.333. The number of benzene rings is 2. The van der Waals surface area contributed by atoms with Crippen molar-refractivity contribution in [3.8, 4) is 5.75 Å². The van der Waals surface area contributed by atoms with Gasteiger partial charge in [0.05, 0.1) is 12.1 Å². The molecule has 104 valence electrons. The van der Waals surface area contributed by atoms with E-state index in [1.54, 1.807) is 12.1 Å². The van der Waals surface area contributed by atoms with Crippen LogP contribution in [0, 0.1) is 0 Å². The van der Waals surface area contributed by atoms with Crippen LogP contribution in [0.4, 0.5) is 0 Å². The summed E-state index contributed by atoms with van der Waals surface area (Å²) in [6, 6.07) is 10.7. The van der Waals surface area contributed by atoms with E-state index in [2.05, 4.69) is 0 Å². The van der Waals surface area contributed by atoms with Crippen LogP contribution < -0.4 is 5.73 Å². The van der Waals surface area contributed by atoms with Crippen molar-refractivity contribution in [1.29, 1.82) is 0 Å². The second kappa shape index (κ2) is 6.75. The molecule has 2 atom stereocenters. The molecule has 0 aliphatic rings. The van der Waals surface area contributed by atoms with Crippen LogP contribution in [0.2, 0.25) is 0 Å². The van der Waals surface area contributed by atoms with Gasteiger partial charge in [0.15, 0.2) is 0 Å². The number of aliphatic hydroxyl groups is 1. The second-order valence-electron chi connectivity index (χ2n) is 4.67. The molecule has 2 aromatic rings. The third-order valence-corrected chi connectivity index (χ3v) is 3.23. The van der Waals surface area contributed by atoms with Crippen LogP contribution in [0.3, 0.4) is 0 Å².